The summed E-state index contributed by atoms with van der Waals surface area (Å²) in [4.78, 5) is 0. The average molecular weight is 315 g/mol. The summed E-state index contributed by atoms with van der Waals surface area (Å²) >= 11 is 2.52. The van der Waals surface area contributed by atoms with E-state index in [1.807, 2.05) is 0 Å². The molecule has 15 heavy (non-hydrogen) atoms. The number of hydrogen-bond acceptors (Lipinski definition) is 0. The van der Waals surface area contributed by atoms with Gasteiger partial charge in [0.25, 0.3) is 6.85 Å². The molecule has 0 bridgehead atoms. The maximum Gasteiger partial charge on any atom is 0.265 e. The van der Waals surface area contributed by atoms with Crippen molar-refractivity contribution in [3.8, 4) is 0 Å². The molecule has 2 unspecified atom stereocenters. The molecule has 0 radical (unpaired) electrons. The van der Waals surface area contributed by atoms with E-state index in [4.69, 9.17) is 0 Å². The minimum Gasteiger partial charge on any atom is -0.397 e. The summed E-state index contributed by atoms with van der Waals surface area (Å²) in [6, 6.07) is 4.31. The van der Waals surface area contributed by atoms with Gasteiger partial charge in [0.2, 0.25) is 0 Å². The van der Waals surface area contributed by atoms with Gasteiger partial charge in [0.15, 0.2) is 0 Å². The lowest BCUT2D eigenvalue weighted by molar-refractivity contribution is 0.553. The number of alkyl halides is 1. The van der Waals surface area contributed by atoms with Crippen LogP contribution < -0.4 is 0 Å². The second-order valence-electron chi connectivity index (χ2n) is 4.77. The van der Waals surface area contributed by atoms with Crippen LogP contribution in [0.25, 0.3) is 0 Å². The number of hydrogen-bond donors (Lipinski definition) is 0. The van der Waals surface area contributed by atoms with Crippen molar-refractivity contribution in [2.24, 2.45) is 0 Å². The third-order valence-electron chi connectivity index (χ3n) is 3.75. The van der Waals surface area contributed by atoms with Gasteiger partial charge >= 0.3 is 0 Å². The van der Waals surface area contributed by atoms with Crippen LogP contribution in [0.1, 0.15) is 32.6 Å². The van der Waals surface area contributed by atoms with E-state index in [0.29, 0.717) is 0 Å². The van der Waals surface area contributed by atoms with E-state index >= 15 is 0 Å². The first-order valence-electron chi connectivity index (χ1n) is 6.01. The van der Waals surface area contributed by atoms with Crippen molar-refractivity contribution in [3.63, 3.8) is 0 Å². The molecule has 1 aliphatic heterocycles. The maximum atomic E-state index is 2.52. The van der Waals surface area contributed by atoms with Crippen LogP contribution in [-0.2, 0) is 0 Å². The highest BCUT2D eigenvalue weighted by Gasteiger charge is 2.35. The first-order valence-corrected chi connectivity index (χ1v) is 7.54. The van der Waals surface area contributed by atoms with Gasteiger partial charge in [-0.25, -0.2) is 0 Å². The molecule has 1 aromatic heterocycles. The SMILES string of the molecule is CC1CCCC(CCI)B1n1cccc1. The highest BCUT2D eigenvalue weighted by Crippen LogP contribution is 2.38. The third kappa shape index (κ3) is 2.60. The summed E-state index contributed by atoms with van der Waals surface area (Å²) in [6.07, 6.45) is 10.1. The Bertz CT molecular complexity index is 284. The lowest BCUT2D eigenvalue weighted by Crippen LogP contribution is -2.36. The molecule has 0 saturated carbocycles. The van der Waals surface area contributed by atoms with Crippen LogP contribution in [0.3, 0.4) is 0 Å². The van der Waals surface area contributed by atoms with Crippen molar-refractivity contribution >= 4 is 29.4 Å². The van der Waals surface area contributed by atoms with E-state index in [1.54, 1.807) is 0 Å². The van der Waals surface area contributed by atoms with Crippen LogP contribution in [0.5, 0.6) is 0 Å². The van der Waals surface area contributed by atoms with Crippen LogP contribution in [0.15, 0.2) is 24.5 Å². The molecule has 2 heterocycles. The van der Waals surface area contributed by atoms with Gasteiger partial charge in [-0.1, -0.05) is 48.8 Å². The van der Waals surface area contributed by atoms with Crippen molar-refractivity contribution in [2.45, 2.75) is 44.2 Å². The molecule has 0 aliphatic carbocycles. The topological polar surface area (TPSA) is 4.93 Å². The van der Waals surface area contributed by atoms with E-state index in [0.717, 1.165) is 18.5 Å². The number of halogens is 1. The Morgan fingerprint density at radius 1 is 1.33 bits per heavy atom. The monoisotopic (exact) mass is 315 g/mol. The van der Waals surface area contributed by atoms with Gasteiger partial charge in [-0.15, -0.1) is 0 Å². The lowest BCUT2D eigenvalue weighted by atomic mass is 9.38. The first-order chi connectivity index (χ1) is 7.33. The van der Waals surface area contributed by atoms with Gasteiger partial charge < -0.3 is 4.48 Å². The summed E-state index contributed by atoms with van der Waals surface area (Å²) in [5.41, 5.74) is 0. The molecule has 1 fully saturated rings. The van der Waals surface area contributed by atoms with Crippen molar-refractivity contribution in [2.75, 3.05) is 4.43 Å². The van der Waals surface area contributed by atoms with E-state index in [1.165, 1.54) is 30.1 Å². The zero-order chi connectivity index (χ0) is 10.7. The van der Waals surface area contributed by atoms with Gasteiger partial charge in [-0.2, -0.15) is 0 Å². The molecule has 3 heteroatoms. The largest absolute Gasteiger partial charge is 0.397 e. The van der Waals surface area contributed by atoms with Crippen LogP contribution in [0, 0.1) is 0 Å². The van der Waals surface area contributed by atoms with Crippen LogP contribution in [0.4, 0.5) is 0 Å². The molecule has 0 spiro atoms. The fourth-order valence-electron chi connectivity index (χ4n) is 3.05. The van der Waals surface area contributed by atoms with Crippen LogP contribution in [0.2, 0.25) is 11.6 Å². The molecule has 2 atom stereocenters. The minimum atomic E-state index is 0.753. The quantitative estimate of drug-likeness (QED) is 0.450. The molecular formula is C12H19BIN. The highest BCUT2D eigenvalue weighted by molar-refractivity contribution is 14.1. The zero-order valence-electron chi connectivity index (χ0n) is 9.40. The standard InChI is InChI=1S/C12H19BIN/c1-11-5-4-6-12(7-8-14)13(11)15-9-2-3-10-15/h2-3,9-12H,4-8H2,1H3. The van der Waals surface area contributed by atoms with Gasteiger partial charge in [-0.3, -0.25) is 0 Å². The normalized spacial score (nSPS) is 26.9. The molecule has 1 nitrogen and oxygen atoms in total. The predicted octanol–water partition coefficient (Wildman–Crippen LogP) is 4.10. The molecule has 2 rings (SSSR count). The van der Waals surface area contributed by atoms with Gasteiger partial charge in [-0.05, 0) is 47.0 Å². The Balaban J connectivity index is 2.15. The molecular weight excluding hydrogens is 296 g/mol. The Morgan fingerprint density at radius 2 is 2.07 bits per heavy atom. The molecule has 1 aromatic rings. The van der Waals surface area contributed by atoms with E-state index in [2.05, 4.69) is 58.5 Å². The highest BCUT2D eigenvalue weighted by atomic mass is 127. The molecule has 0 amide bonds. The summed E-state index contributed by atoms with van der Waals surface area (Å²) in [5.74, 6) is 1.75. The summed E-state index contributed by atoms with van der Waals surface area (Å²) < 4.78 is 3.74. The van der Waals surface area contributed by atoms with Gasteiger partial charge in [0.1, 0.15) is 0 Å². The molecule has 0 N–H and O–H groups in total. The Labute approximate surface area is 107 Å². The Hall–Kier alpha value is 0.0749. The fraction of sp³-hybridized carbons (Fsp3) is 0.667. The second kappa shape index (κ2) is 5.42. The van der Waals surface area contributed by atoms with Gasteiger partial charge in [0, 0.05) is 0 Å². The van der Waals surface area contributed by atoms with Crippen LogP contribution in [-0.4, -0.2) is 15.8 Å². The molecule has 0 aromatic carbocycles. The smallest absolute Gasteiger partial charge is 0.265 e. The fourth-order valence-corrected chi connectivity index (χ4v) is 3.85. The molecule has 1 saturated heterocycles. The summed E-state index contributed by atoms with van der Waals surface area (Å²) in [7, 11) is 0. The number of nitrogens with zero attached hydrogens (tertiary/aromatic N) is 1. The van der Waals surface area contributed by atoms with Crippen molar-refractivity contribution in [3.05, 3.63) is 24.5 Å². The van der Waals surface area contributed by atoms with Crippen molar-refractivity contribution in [1.82, 2.24) is 4.48 Å². The minimum absolute atomic E-state index is 0.753. The lowest BCUT2D eigenvalue weighted by Gasteiger charge is -2.34. The maximum absolute atomic E-state index is 2.52. The third-order valence-corrected chi connectivity index (χ3v) is 4.37. The summed E-state index contributed by atoms with van der Waals surface area (Å²) in [6.45, 7) is 3.17. The average Bonchev–Trinajstić information content (AvgIpc) is 2.71. The van der Waals surface area contributed by atoms with Gasteiger partial charge in [0.05, 0.1) is 0 Å². The van der Waals surface area contributed by atoms with Crippen molar-refractivity contribution < 1.29 is 0 Å². The zero-order valence-corrected chi connectivity index (χ0v) is 11.6. The predicted molar refractivity (Wildman–Crippen MR) is 76.1 cm³/mol. The van der Waals surface area contributed by atoms with E-state index < -0.39 is 0 Å². The van der Waals surface area contributed by atoms with Crippen molar-refractivity contribution in [1.29, 1.82) is 0 Å². The second-order valence-corrected chi connectivity index (χ2v) is 5.85. The van der Waals surface area contributed by atoms with E-state index in [-0.39, 0.29) is 0 Å². The Morgan fingerprint density at radius 3 is 2.73 bits per heavy atom. The summed E-state index contributed by atoms with van der Waals surface area (Å²) in [5, 5.41) is 0. The number of rotatable bonds is 3. The van der Waals surface area contributed by atoms with Crippen LogP contribution >= 0.6 is 22.6 Å². The van der Waals surface area contributed by atoms with E-state index in [9.17, 15) is 0 Å². The number of aromatic nitrogens is 1. The first kappa shape index (κ1) is 11.6. The Kier molecular flexibility index (Phi) is 4.17. The molecule has 1 aliphatic rings. The molecule has 82 valence electrons.